The van der Waals surface area contributed by atoms with Gasteiger partial charge in [0.2, 0.25) is 5.95 Å². The van der Waals surface area contributed by atoms with Gasteiger partial charge < -0.3 is 5.32 Å². The molecule has 4 nitrogen and oxygen atoms in total. The Labute approximate surface area is 141 Å². The van der Waals surface area contributed by atoms with Crippen LogP contribution in [0.3, 0.4) is 0 Å². The highest BCUT2D eigenvalue weighted by molar-refractivity contribution is 9.10. The number of para-hydroxylation sites is 1. The Balaban J connectivity index is 1.97. The van der Waals surface area contributed by atoms with Crippen molar-refractivity contribution in [3.63, 3.8) is 0 Å². The van der Waals surface area contributed by atoms with Gasteiger partial charge in [-0.25, -0.2) is 15.0 Å². The van der Waals surface area contributed by atoms with Crippen LogP contribution in [0.5, 0.6) is 0 Å². The van der Waals surface area contributed by atoms with E-state index >= 15 is 0 Å². The van der Waals surface area contributed by atoms with Crippen molar-refractivity contribution in [1.82, 2.24) is 15.0 Å². The number of benzene rings is 1. The molecule has 112 valence electrons. The molecule has 0 unspecified atom stereocenters. The van der Waals surface area contributed by atoms with Crippen molar-refractivity contribution in [3.05, 3.63) is 51.7 Å². The Hall–Kier alpha value is -1.79. The molecule has 2 heterocycles. The number of aromatic nitrogens is 3. The molecule has 0 radical (unpaired) electrons. The van der Waals surface area contributed by atoms with E-state index in [1.165, 1.54) is 0 Å². The van der Waals surface area contributed by atoms with Crippen molar-refractivity contribution in [2.75, 3.05) is 5.32 Å². The molecule has 0 aliphatic heterocycles. The molecule has 22 heavy (non-hydrogen) atoms. The van der Waals surface area contributed by atoms with Gasteiger partial charge in [-0.05, 0) is 41.4 Å². The maximum absolute atomic E-state index is 4.65. The lowest BCUT2D eigenvalue weighted by atomic mass is 10.3. The first-order valence-electron chi connectivity index (χ1n) is 6.98. The van der Waals surface area contributed by atoms with Crippen LogP contribution >= 0.6 is 27.3 Å². The number of nitrogens with zero attached hydrogens (tertiary/aromatic N) is 3. The van der Waals surface area contributed by atoms with Crippen LogP contribution in [0, 0.1) is 6.92 Å². The van der Waals surface area contributed by atoms with Crippen LogP contribution < -0.4 is 5.32 Å². The van der Waals surface area contributed by atoms with Gasteiger partial charge in [0.1, 0.15) is 5.69 Å². The van der Waals surface area contributed by atoms with Gasteiger partial charge in [-0.3, -0.25) is 0 Å². The third-order valence-electron chi connectivity index (χ3n) is 3.13. The molecule has 0 saturated heterocycles. The van der Waals surface area contributed by atoms with Crippen molar-refractivity contribution in [2.24, 2.45) is 0 Å². The van der Waals surface area contributed by atoms with Gasteiger partial charge in [-0.2, -0.15) is 0 Å². The zero-order valence-corrected chi connectivity index (χ0v) is 14.7. The maximum Gasteiger partial charge on any atom is 0.227 e. The molecule has 0 atom stereocenters. The first-order chi connectivity index (χ1) is 10.7. The largest absolute Gasteiger partial charge is 0.324 e. The predicted octanol–water partition coefficient (Wildman–Crippen LogP) is 4.98. The minimum Gasteiger partial charge on any atom is -0.324 e. The van der Waals surface area contributed by atoms with Gasteiger partial charge in [0.25, 0.3) is 0 Å². The molecule has 0 saturated carbocycles. The summed E-state index contributed by atoms with van der Waals surface area (Å²) in [5.41, 5.74) is 2.85. The Morgan fingerprint density at radius 3 is 2.64 bits per heavy atom. The standard InChI is InChI=1S/C16H15BrN4S/c1-3-13-19-10(2)15(22-13)14-12(17)9-18-16(21-14)20-11-7-5-4-6-8-11/h4-9H,3H2,1-2H3,(H,18,20,21). The average molecular weight is 375 g/mol. The SMILES string of the molecule is CCc1nc(C)c(-c2nc(Nc3ccccc3)ncc2Br)s1. The second-order valence-corrected chi connectivity index (χ2v) is 6.69. The average Bonchev–Trinajstić information content (AvgIpc) is 2.91. The van der Waals surface area contributed by atoms with E-state index in [1.54, 1.807) is 17.5 Å². The molecule has 0 aliphatic rings. The predicted molar refractivity (Wildman–Crippen MR) is 94.7 cm³/mol. The van der Waals surface area contributed by atoms with Gasteiger partial charge in [0, 0.05) is 11.9 Å². The lowest BCUT2D eigenvalue weighted by molar-refractivity contribution is 1.07. The Bertz CT molecular complexity index is 786. The number of rotatable bonds is 4. The monoisotopic (exact) mass is 374 g/mol. The van der Waals surface area contributed by atoms with E-state index in [4.69, 9.17) is 0 Å². The van der Waals surface area contributed by atoms with Crippen LogP contribution in [0.25, 0.3) is 10.6 Å². The molecule has 1 aromatic carbocycles. The number of hydrogen-bond donors (Lipinski definition) is 1. The number of anilines is 2. The normalized spacial score (nSPS) is 10.7. The molecule has 3 aromatic rings. The molecular weight excluding hydrogens is 360 g/mol. The zero-order valence-electron chi connectivity index (χ0n) is 12.3. The molecule has 6 heteroatoms. The van der Waals surface area contributed by atoms with Gasteiger partial charge >= 0.3 is 0 Å². The number of halogens is 1. The topological polar surface area (TPSA) is 50.7 Å². The third kappa shape index (κ3) is 3.18. The Morgan fingerprint density at radius 2 is 1.95 bits per heavy atom. The third-order valence-corrected chi connectivity index (χ3v) is 5.02. The van der Waals surface area contributed by atoms with Gasteiger partial charge in [-0.1, -0.05) is 25.1 Å². The summed E-state index contributed by atoms with van der Waals surface area (Å²) < 4.78 is 0.875. The van der Waals surface area contributed by atoms with E-state index in [1.807, 2.05) is 37.3 Å². The van der Waals surface area contributed by atoms with E-state index in [2.05, 4.69) is 43.1 Å². The van der Waals surface area contributed by atoms with E-state index in [-0.39, 0.29) is 0 Å². The van der Waals surface area contributed by atoms with Crippen LogP contribution in [0.2, 0.25) is 0 Å². The quantitative estimate of drug-likeness (QED) is 0.699. The number of aryl methyl sites for hydroxylation is 2. The highest BCUT2D eigenvalue weighted by Gasteiger charge is 2.14. The summed E-state index contributed by atoms with van der Waals surface area (Å²) in [7, 11) is 0. The smallest absolute Gasteiger partial charge is 0.227 e. The fraction of sp³-hybridized carbons (Fsp3) is 0.188. The van der Waals surface area contributed by atoms with Crippen molar-refractivity contribution in [1.29, 1.82) is 0 Å². The highest BCUT2D eigenvalue weighted by atomic mass is 79.9. The summed E-state index contributed by atoms with van der Waals surface area (Å²) in [6, 6.07) is 9.90. The number of hydrogen-bond acceptors (Lipinski definition) is 5. The summed E-state index contributed by atoms with van der Waals surface area (Å²) in [4.78, 5) is 14.6. The van der Waals surface area contributed by atoms with Crippen LogP contribution in [-0.4, -0.2) is 15.0 Å². The lowest BCUT2D eigenvalue weighted by Gasteiger charge is -2.07. The van der Waals surface area contributed by atoms with E-state index in [9.17, 15) is 0 Å². The van der Waals surface area contributed by atoms with Crippen LogP contribution in [0.15, 0.2) is 41.0 Å². The number of thiazole rings is 1. The van der Waals surface area contributed by atoms with Crippen LogP contribution in [-0.2, 0) is 6.42 Å². The summed E-state index contributed by atoms with van der Waals surface area (Å²) in [5, 5.41) is 4.34. The molecule has 0 spiro atoms. The summed E-state index contributed by atoms with van der Waals surface area (Å²) in [6.07, 6.45) is 2.71. The minimum atomic E-state index is 0.579. The molecule has 0 amide bonds. The van der Waals surface area contributed by atoms with Crippen molar-refractivity contribution < 1.29 is 0 Å². The number of nitrogens with one attached hydrogen (secondary N) is 1. The van der Waals surface area contributed by atoms with E-state index < -0.39 is 0 Å². The Kier molecular flexibility index (Phi) is 4.49. The second kappa shape index (κ2) is 6.54. The molecule has 1 N–H and O–H groups in total. The first-order valence-corrected chi connectivity index (χ1v) is 8.59. The van der Waals surface area contributed by atoms with Gasteiger partial charge in [0.15, 0.2) is 0 Å². The fourth-order valence-corrected chi connectivity index (χ4v) is 3.59. The van der Waals surface area contributed by atoms with E-state index in [0.29, 0.717) is 5.95 Å². The van der Waals surface area contributed by atoms with Crippen molar-refractivity contribution in [2.45, 2.75) is 20.3 Å². The summed E-state index contributed by atoms with van der Waals surface area (Å²) in [6.45, 7) is 4.13. The fourth-order valence-electron chi connectivity index (χ4n) is 2.06. The minimum absolute atomic E-state index is 0.579. The summed E-state index contributed by atoms with van der Waals surface area (Å²) in [5.74, 6) is 0.579. The Morgan fingerprint density at radius 1 is 1.18 bits per heavy atom. The zero-order chi connectivity index (χ0) is 15.5. The molecule has 3 rings (SSSR count). The molecule has 0 aliphatic carbocycles. The summed E-state index contributed by atoms with van der Waals surface area (Å²) >= 11 is 5.23. The van der Waals surface area contributed by atoms with E-state index in [0.717, 1.165) is 37.9 Å². The first kappa shape index (κ1) is 15.1. The molecule has 2 aromatic heterocycles. The lowest BCUT2D eigenvalue weighted by Crippen LogP contribution is -1.98. The maximum atomic E-state index is 4.65. The highest BCUT2D eigenvalue weighted by Crippen LogP contribution is 2.34. The van der Waals surface area contributed by atoms with Crippen LogP contribution in [0.1, 0.15) is 17.6 Å². The molecular formula is C16H15BrN4S. The molecule has 0 fully saturated rings. The van der Waals surface area contributed by atoms with Crippen LogP contribution in [0.4, 0.5) is 11.6 Å². The van der Waals surface area contributed by atoms with Gasteiger partial charge in [-0.15, -0.1) is 11.3 Å². The second-order valence-electron chi connectivity index (χ2n) is 4.76. The van der Waals surface area contributed by atoms with Gasteiger partial charge in [0.05, 0.1) is 20.1 Å². The molecule has 0 bridgehead atoms. The van der Waals surface area contributed by atoms with Crippen molar-refractivity contribution >= 4 is 38.9 Å². The van der Waals surface area contributed by atoms with Crippen molar-refractivity contribution in [3.8, 4) is 10.6 Å².